The summed E-state index contributed by atoms with van der Waals surface area (Å²) in [5, 5.41) is 8.85. The Kier molecular flexibility index (Phi) is 10.7. The second kappa shape index (κ2) is 12.4. The van der Waals surface area contributed by atoms with Crippen molar-refractivity contribution in [3.05, 3.63) is 0 Å². The molecule has 128 valence electrons. The predicted octanol–water partition coefficient (Wildman–Crippen LogP) is 1.97. The quantitative estimate of drug-likeness (QED) is 0.450. The molecule has 0 radical (unpaired) electrons. The molecule has 1 saturated heterocycles. The van der Waals surface area contributed by atoms with Crippen LogP contribution in [0, 0.1) is 5.92 Å². The van der Waals surface area contributed by atoms with Gasteiger partial charge in [-0.3, -0.25) is 9.59 Å². The highest BCUT2D eigenvalue weighted by atomic mass is 16.2. The fourth-order valence-corrected chi connectivity index (χ4v) is 2.78. The maximum absolute atomic E-state index is 12.1. The molecule has 0 unspecified atom stereocenters. The number of carbonyl (C=O) groups is 2. The molecule has 0 aromatic rings. The molecule has 0 aromatic heterocycles. The fourth-order valence-electron chi connectivity index (χ4n) is 2.78. The highest BCUT2D eigenvalue weighted by Crippen LogP contribution is 2.14. The first-order chi connectivity index (χ1) is 10.8. The Morgan fingerprint density at radius 2 is 1.27 bits per heavy atom. The topological polar surface area (TPSA) is 70.2 Å². The van der Waals surface area contributed by atoms with Crippen molar-refractivity contribution in [1.82, 2.24) is 16.0 Å². The summed E-state index contributed by atoms with van der Waals surface area (Å²) in [7, 11) is 0. The molecule has 0 spiro atoms. The maximum atomic E-state index is 12.1. The minimum absolute atomic E-state index is 0.121. The zero-order valence-electron chi connectivity index (χ0n) is 14.1. The third-order valence-electron chi connectivity index (χ3n) is 4.18. The molecule has 5 nitrogen and oxygen atoms in total. The molecular formula is C17H33N3O2. The van der Waals surface area contributed by atoms with E-state index in [1.165, 1.54) is 38.5 Å². The first-order valence-electron chi connectivity index (χ1n) is 9.02. The number of unbranched alkanes of at least 4 members (excludes halogenated alkanes) is 7. The number of nitrogens with one attached hydrogen (secondary N) is 3. The molecule has 3 N–H and O–H groups in total. The van der Waals surface area contributed by atoms with Gasteiger partial charge in [-0.2, -0.15) is 0 Å². The zero-order chi connectivity index (χ0) is 16.0. The third kappa shape index (κ3) is 8.37. The van der Waals surface area contributed by atoms with Crippen molar-refractivity contribution in [3.63, 3.8) is 0 Å². The van der Waals surface area contributed by atoms with Crippen molar-refractivity contribution in [2.24, 2.45) is 5.92 Å². The number of hydrogen-bond donors (Lipinski definition) is 3. The van der Waals surface area contributed by atoms with Crippen LogP contribution in [-0.2, 0) is 9.59 Å². The van der Waals surface area contributed by atoms with Crippen LogP contribution in [0.3, 0.4) is 0 Å². The van der Waals surface area contributed by atoms with Gasteiger partial charge in [-0.1, -0.05) is 58.3 Å². The largest absolute Gasteiger partial charge is 0.354 e. The number of rotatable bonds is 9. The number of hydrogen-bond acceptors (Lipinski definition) is 3. The van der Waals surface area contributed by atoms with Crippen LogP contribution in [0.2, 0.25) is 0 Å². The van der Waals surface area contributed by atoms with Gasteiger partial charge in [0.05, 0.1) is 0 Å². The molecule has 22 heavy (non-hydrogen) atoms. The van der Waals surface area contributed by atoms with Gasteiger partial charge in [0.25, 0.3) is 0 Å². The van der Waals surface area contributed by atoms with Gasteiger partial charge in [-0.15, -0.1) is 0 Å². The SMILES string of the molecule is CCCCCCCCCCC1C(=O)NCCNCCNC1=O. The summed E-state index contributed by atoms with van der Waals surface area (Å²) in [5.41, 5.74) is 0. The van der Waals surface area contributed by atoms with Crippen molar-refractivity contribution >= 4 is 11.8 Å². The van der Waals surface area contributed by atoms with Crippen molar-refractivity contribution in [3.8, 4) is 0 Å². The van der Waals surface area contributed by atoms with Gasteiger partial charge in [0.15, 0.2) is 0 Å². The smallest absolute Gasteiger partial charge is 0.232 e. The zero-order valence-corrected chi connectivity index (χ0v) is 14.1. The van der Waals surface area contributed by atoms with E-state index in [2.05, 4.69) is 22.9 Å². The van der Waals surface area contributed by atoms with Crippen LogP contribution in [0.15, 0.2) is 0 Å². The van der Waals surface area contributed by atoms with E-state index in [1.54, 1.807) is 0 Å². The summed E-state index contributed by atoms with van der Waals surface area (Å²) in [6.45, 7) is 4.93. The molecule has 0 atom stereocenters. The Hall–Kier alpha value is -1.10. The lowest BCUT2D eigenvalue weighted by Gasteiger charge is -2.19. The van der Waals surface area contributed by atoms with Crippen molar-refractivity contribution in [2.45, 2.75) is 64.7 Å². The fraction of sp³-hybridized carbons (Fsp3) is 0.882. The van der Waals surface area contributed by atoms with Crippen LogP contribution in [0.4, 0.5) is 0 Å². The molecule has 1 aliphatic rings. The van der Waals surface area contributed by atoms with Gasteiger partial charge >= 0.3 is 0 Å². The van der Waals surface area contributed by atoms with E-state index >= 15 is 0 Å². The number of carbonyl (C=O) groups excluding carboxylic acids is 2. The van der Waals surface area contributed by atoms with E-state index in [0.717, 1.165) is 25.9 Å². The van der Waals surface area contributed by atoms with Crippen LogP contribution < -0.4 is 16.0 Å². The minimum atomic E-state index is -0.516. The average molecular weight is 311 g/mol. The van der Waals surface area contributed by atoms with Crippen LogP contribution in [0.1, 0.15) is 64.7 Å². The summed E-state index contributed by atoms with van der Waals surface area (Å²) in [5.74, 6) is -0.758. The van der Waals surface area contributed by atoms with Crippen LogP contribution in [0.5, 0.6) is 0 Å². The van der Waals surface area contributed by atoms with E-state index in [0.29, 0.717) is 19.5 Å². The molecule has 2 amide bonds. The summed E-state index contributed by atoms with van der Waals surface area (Å²) in [6.07, 6.45) is 10.5. The van der Waals surface area contributed by atoms with Gasteiger partial charge < -0.3 is 16.0 Å². The van der Waals surface area contributed by atoms with E-state index in [1.807, 2.05) is 0 Å². The van der Waals surface area contributed by atoms with E-state index in [-0.39, 0.29) is 11.8 Å². The highest BCUT2D eigenvalue weighted by molar-refractivity contribution is 6.00. The molecule has 0 bridgehead atoms. The van der Waals surface area contributed by atoms with Crippen LogP contribution >= 0.6 is 0 Å². The van der Waals surface area contributed by atoms with Crippen molar-refractivity contribution < 1.29 is 9.59 Å². The first kappa shape index (κ1) is 18.9. The average Bonchev–Trinajstić information content (AvgIpc) is 2.51. The van der Waals surface area contributed by atoms with Crippen LogP contribution in [0.25, 0.3) is 0 Å². The second-order valence-corrected chi connectivity index (χ2v) is 6.15. The molecular weight excluding hydrogens is 278 g/mol. The van der Waals surface area contributed by atoms with E-state index in [9.17, 15) is 9.59 Å². The normalized spacial score (nSPS) is 17.9. The second-order valence-electron chi connectivity index (χ2n) is 6.15. The summed E-state index contributed by atoms with van der Waals surface area (Å²) in [6, 6.07) is 0. The summed E-state index contributed by atoms with van der Waals surface area (Å²) < 4.78 is 0. The Bertz CT molecular complexity index is 301. The maximum Gasteiger partial charge on any atom is 0.232 e. The van der Waals surface area contributed by atoms with E-state index < -0.39 is 5.92 Å². The van der Waals surface area contributed by atoms with Gasteiger partial charge in [0.2, 0.25) is 11.8 Å². The van der Waals surface area contributed by atoms with Crippen molar-refractivity contribution in [1.29, 1.82) is 0 Å². The van der Waals surface area contributed by atoms with Gasteiger partial charge in [0.1, 0.15) is 5.92 Å². The molecule has 1 rings (SSSR count). The Labute approximate surface area is 135 Å². The Balaban J connectivity index is 2.21. The summed E-state index contributed by atoms with van der Waals surface area (Å²) >= 11 is 0. The van der Waals surface area contributed by atoms with Crippen molar-refractivity contribution in [2.75, 3.05) is 26.2 Å². The molecule has 1 heterocycles. The molecule has 0 aliphatic carbocycles. The molecule has 0 aromatic carbocycles. The van der Waals surface area contributed by atoms with Gasteiger partial charge in [0, 0.05) is 26.2 Å². The number of amides is 2. The third-order valence-corrected chi connectivity index (χ3v) is 4.18. The van der Waals surface area contributed by atoms with Gasteiger partial charge in [-0.25, -0.2) is 0 Å². The van der Waals surface area contributed by atoms with Crippen LogP contribution in [-0.4, -0.2) is 38.0 Å². The lowest BCUT2D eigenvalue weighted by Crippen LogP contribution is -2.47. The molecule has 1 aliphatic heterocycles. The highest BCUT2D eigenvalue weighted by Gasteiger charge is 2.25. The predicted molar refractivity (Wildman–Crippen MR) is 89.6 cm³/mol. The summed E-state index contributed by atoms with van der Waals surface area (Å²) in [4.78, 5) is 24.2. The first-order valence-corrected chi connectivity index (χ1v) is 9.02. The lowest BCUT2D eigenvalue weighted by atomic mass is 9.98. The molecule has 5 heteroatoms. The van der Waals surface area contributed by atoms with Gasteiger partial charge in [-0.05, 0) is 6.42 Å². The Morgan fingerprint density at radius 1 is 0.773 bits per heavy atom. The van der Waals surface area contributed by atoms with E-state index in [4.69, 9.17) is 0 Å². The molecule has 1 fully saturated rings. The standard InChI is InChI=1S/C17H33N3O2/c1-2-3-4-5-6-7-8-9-10-15-16(21)19-13-11-18-12-14-20-17(15)22/h15,18H,2-14H2,1H3,(H,19,21)(H,20,22). The molecule has 0 saturated carbocycles. The monoisotopic (exact) mass is 311 g/mol. The Morgan fingerprint density at radius 3 is 1.82 bits per heavy atom. The minimum Gasteiger partial charge on any atom is -0.354 e. The lowest BCUT2D eigenvalue weighted by molar-refractivity contribution is -0.135.